The van der Waals surface area contributed by atoms with Crippen LogP contribution in [-0.2, 0) is 6.54 Å². The molecular weight excluding hydrogens is 308 g/mol. The van der Waals surface area contributed by atoms with E-state index < -0.39 is 0 Å². The molecule has 2 aromatic rings. The van der Waals surface area contributed by atoms with Crippen molar-refractivity contribution in [1.29, 1.82) is 0 Å². The van der Waals surface area contributed by atoms with Gasteiger partial charge in [-0.1, -0.05) is 44.2 Å². The molecule has 3 heteroatoms. The van der Waals surface area contributed by atoms with Gasteiger partial charge in [-0.2, -0.15) is 0 Å². The fourth-order valence-electron chi connectivity index (χ4n) is 3.55. The summed E-state index contributed by atoms with van der Waals surface area (Å²) in [5, 5.41) is 3.72. The van der Waals surface area contributed by atoms with Gasteiger partial charge in [-0.15, -0.1) is 0 Å². The van der Waals surface area contributed by atoms with Crippen molar-refractivity contribution in [3.8, 4) is 11.1 Å². The van der Waals surface area contributed by atoms with Crippen LogP contribution in [-0.4, -0.2) is 11.9 Å². The lowest BCUT2D eigenvalue weighted by Crippen LogP contribution is -2.35. The molecule has 0 bridgehead atoms. The second-order valence-electron chi connectivity index (χ2n) is 7.96. The highest BCUT2D eigenvalue weighted by atomic mass is 16.1. The standard InChI is InChI=1S/C22H28N2O/c1-22(2)12-10-20(11-13-22)24-15-16-4-3-5-19(14-16)17-6-8-18(9-7-17)21(23)25/h3-9,14,20,24H,10-13,15H2,1-2H3,(H2,23,25). The maximum absolute atomic E-state index is 11.2. The quantitative estimate of drug-likeness (QED) is 0.844. The van der Waals surface area contributed by atoms with Crippen LogP contribution in [0, 0.1) is 5.41 Å². The Bertz CT molecular complexity index is 724. The average molecular weight is 336 g/mol. The fraction of sp³-hybridized carbons (Fsp3) is 0.409. The first-order valence-electron chi connectivity index (χ1n) is 9.15. The molecule has 1 saturated carbocycles. The summed E-state index contributed by atoms with van der Waals surface area (Å²) < 4.78 is 0. The number of hydrogen-bond donors (Lipinski definition) is 2. The van der Waals surface area contributed by atoms with Crippen LogP contribution in [0.3, 0.4) is 0 Å². The Balaban J connectivity index is 1.62. The number of hydrogen-bond acceptors (Lipinski definition) is 2. The van der Waals surface area contributed by atoms with Crippen molar-refractivity contribution in [2.24, 2.45) is 11.1 Å². The molecule has 25 heavy (non-hydrogen) atoms. The first kappa shape index (κ1) is 17.7. The molecule has 0 radical (unpaired) electrons. The Morgan fingerprint density at radius 2 is 1.76 bits per heavy atom. The Morgan fingerprint density at radius 1 is 1.08 bits per heavy atom. The van der Waals surface area contributed by atoms with Crippen LogP contribution in [0.5, 0.6) is 0 Å². The van der Waals surface area contributed by atoms with Crippen molar-refractivity contribution in [3.63, 3.8) is 0 Å². The first-order valence-corrected chi connectivity index (χ1v) is 9.15. The number of nitrogens with one attached hydrogen (secondary N) is 1. The zero-order valence-corrected chi connectivity index (χ0v) is 15.2. The summed E-state index contributed by atoms with van der Waals surface area (Å²) >= 11 is 0. The Labute approximate surface area is 150 Å². The molecule has 3 rings (SSSR count). The second kappa shape index (κ2) is 7.40. The van der Waals surface area contributed by atoms with Crippen LogP contribution in [0.25, 0.3) is 11.1 Å². The molecule has 3 N–H and O–H groups in total. The second-order valence-corrected chi connectivity index (χ2v) is 7.96. The van der Waals surface area contributed by atoms with Gasteiger partial charge in [-0.3, -0.25) is 4.79 Å². The summed E-state index contributed by atoms with van der Waals surface area (Å²) in [6.45, 7) is 5.64. The minimum atomic E-state index is -0.389. The lowest BCUT2D eigenvalue weighted by molar-refractivity contribution is 0.100. The van der Waals surface area contributed by atoms with Crippen molar-refractivity contribution in [2.45, 2.75) is 52.1 Å². The third-order valence-corrected chi connectivity index (χ3v) is 5.36. The topological polar surface area (TPSA) is 55.1 Å². The predicted molar refractivity (Wildman–Crippen MR) is 103 cm³/mol. The molecule has 0 saturated heterocycles. The molecule has 1 aliphatic carbocycles. The maximum Gasteiger partial charge on any atom is 0.248 e. The van der Waals surface area contributed by atoms with Gasteiger partial charge in [-0.05, 0) is 66.0 Å². The monoisotopic (exact) mass is 336 g/mol. The number of carbonyl (C=O) groups is 1. The molecule has 3 nitrogen and oxygen atoms in total. The molecule has 1 fully saturated rings. The number of rotatable bonds is 5. The molecule has 0 aliphatic heterocycles. The lowest BCUT2D eigenvalue weighted by Gasteiger charge is -2.34. The SMILES string of the molecule is CC1(C)CCC(NCc2cccc(-c3ccc(C(N)=O)cc3)c2)CC1. The lowest BCUT2D eigenvalue weighted by atomic mass is 9.75. The fourth-order valence-corrected chi connectivity index (χ4v) is 3.55. The molecule has 0 spiro atoms. The third-order valence-electron chi connectivity index (χ3n) is 5.36. The number of benzene rings is 2. The molecule has 132 valence electrons. The van der Waals surface area contributed by atoms with Gasteiger partial charge in [0.2, 0.25) is 5.91 Å². The normalized spacial score (nSPS) is 17.4. The van der Waals surface area contributed by atoms with E-state index in [2.05, 4.69) is 43.4 Å². The van der Waals surface area contributed by atoms with E-state index in [0.717, 1.165) is 12.1 Å². The zero-order valence-electron chi connectivity index (χ0n) is 15.2. The van der Waals surface area contributed by atoms with Crippen LogP contribution in [0.1, 0.15) is 55.5 Å². The summed E-state index contributed by atoms with van der Waals surface area (Å²) in [5.41, 5.74) is 9.92. The number of carbonyl (C=O) groups excluding carboxylic acids is 1. The van der Waals surface area contributed by atoms with Crippen molar-refractivity contribution in [3.05, 3.63) is 59.7 Å². The Morgan fingerprint density at radius 3 is 2.40 bits per heavy atom. The van der Waals surface area contributed by atoms with Crippen LogP contribution >= 0.6 is 0 Å². The first-order chi connectivity index (χ1) is 11.9. The van der Waals surface area contributed by atoms with Gasteiger partial charge >= 0.3 is 0 Å². The van der Waals surface area contributed by atoms with Crippen LogP contribution in [0.15, 0.2) is 48.5 Å². The molecule has 0 unspecified atom stereocenters. The summed E-state index contributed by atoms with van der Waals surface area (Å²) in [6, 6.07) is 16.7. The summed E-state index contributed by atoms with van der Waals surface area (Å²) in [7, 11) is 0. The number of primary amides is 1. The van der Waals surface area contributed by atoms with Gasteiger partial charge in [0.1, 0.15) is 0 Å². The van der Waals surface area contributed by atoms with Crippen LogP contribution in [0.2, 0.25) is 0 Å². The average Bonchev–Trinajstić information content (AvgIpc) is 2.61. The third kappa shape index (κ3) is 4.70. The highest BCUT2D eigenvalue weighted by Crippen LogP contribution is 2.35. The molecule has 1 amide bonds. The van der Waals surface area contributed by atoms with Crippen molar-refractivity contribution >= 4 is 5.91 Å². The smallest absolute Gasteiger partial charge is 0.248 e. The summed E-state index contributed by atoms with van der Waals surface area (Å²) in [4.78, 5) is 11.2. The van der Waals surface area contributed by atoms with E-state index in [0.29, 0.717) is 17.0 Å². The van der Waals surface area contributed by atoms with Gasteiger partial charge in [-0.25, -0.2) is 0 Å². The summed E-state index contributed by atoms with van der Waals surface area (Å²) in [6.07, 6.45) is 5.14. The van der Waals surface area contributed by atoms with E-state index in [1.807, 2.05) is 12.1 Å². The Hall–Kier alpha value is -2.13. The van der Waals surface area contributed by atoms with E-state index in [9.17, 15) is 4.79 Å². The predicted octanol–water partition coefficient (Wildman–Crippen LogP) is 4.51. The highest BCUT2D eigenvalue weighted by molar-refractivity contribution is 5.93. The minimum absolute atomic E-state index is 0.389. The van der Waals surface area contributed by atoms with Gasteiger partial charge in [0, 0.05) is 18.2 Å². The zero-order chi connectivity index (χ0) is 17.9. The molecule has 1 aliphatic rings. The van der Waals surface area contributed by atoms with E-state index in [4.69, 9.17) is 5.73 Å². The van der Waals surface area contributed by atoms with E-state index >= 15 is 0 Å². The maximum atomic E-state index is 11.2. The Kier molecular flexibility index (Phi) is 5.24. The van der Waals surface area contributed by atoms with Crippen LogP contribution in [0.4, 0.5) is 0 Å². The van der Waals surface area contributed by atoms with Crippen molar-refractivity contribution in [2.75, 3.05) is 0 Å². The highest BCUT2D eigenvalue weighted by Gasteiger charge is 2.26. The van der Waals surface area contributed by atoms with Crippen molar-refractivity contribution in [1.82, 2.24) is 5.32 Å². The molecule has 0 heterocycles. The molecule has 2 aromatic carbocycles. The number of nitrogens with two attached hydrogens (primary N) is 1. The summed E-state index contributed by atoms with van der Waals surface area (Å²) in [5.74, 6) is -0.389. The minimum Gasteiger partial charge on any atom is -0.366 e. The van der Waals surface area contributed by atoms with Gasteiger partial charge in [0.05, 0.1) is 0 Å². The van der Waals surface area contributed by atoms with E-state index in [1.54, 1.807) is 12.1 Å². The molecule has 0 aromatic heterocycles. The van der Waals surface area contributed by atoms with Gasteiger partial charge < -0.3 is 11.1 Å². The van der Waals surface area contributed by atoms with E-state index in [1.165, 1.54) is 36.8 Å². The number of amides is 1. The van der Waals surface area contributed by atoms with Gasteiger partial charge in [0.15, 0.2) is 0 Å². The van der Waals surface area contributed by atoms with Gasteiger partial charge in [0.25, 0.3) is 0 Å². The van der Waals surface area contributed by atoms with E-state index in [-0.39, 0.29) is 5.91 Å². The molecular formula is C22H28N2O. The van der Waals surface area contributed by atoms with Crippen LogP contribution < -0.4 is 11.1 Å². The molecule has 0 atom stereocenters. The van der Waals surface area contributed by atoms with Crippen molar-refractivity contribution < 1.29 is 4.79 Å². The largest absolute Gasteiger partial charge is 0.366 e.